The summed E-state index contributed by atoms with van der Waals surface area (Å²) < 4.78 is 81.9. The van der Waals surface area contributed by atoms with Crippen molar-refractivity contribution < 1.29 is 25.6 Å². The molecule has 36 heavy (non-hydrogen) atoms. The van der Waals surface area contributed by atoms with Crippen LogP contribution in [0.15, 0.2) is 76.5 Å². The van der Waals surface area contributed by atoms with E-state index in [1.165, 1.54) is 56.6 Å². The minimum Gasteiger partial charge on any atom is -0.371 e. The zero-order valence-electron chi connectivity index (χ0n) is 20.1. The molecule has 0 atom stereocenters. The molecule has 0 bridgehead atoms. The summed E-state index contributed by atoms with van der Waals surface area (Å²) >= 11 is 0. The maximum atomic E-state index is 14.3. The van der Waals surface area contributed by atoms with Crippen molar-refractivity contribution in [3.8, 4) is 0 Å². The lowest BCUT2D eigenvalue weighted by Gasteiger charge is -2.35. The van der Waals surface area contributed by atoms with Crippen molar-refractivity contribution >= 4 is 25.5 Å². The number of sulfone groups is 1. The first-order valence-electron chi connectivity index (χ1n) is 11.5. The number of sulfonamides is 1. The maximum absolute atomic E-state index is 14.3. The van der Waals surface area contributed by atoms with E-state index in [1.807, 2.05) is 11.0 Å². The third-order valence-corrected chi connectivity index (χ3v) is 10.2. The van der Waals surface area contributed by atoms with Crippen molar-refractivity contribution in [3.63, 3.8) is 0 Å². The lowest BCUT2D eigenvalue weighted by molar-refractivity contribution is 0.455. The van der Waals surface area contributed by atoms with Crippen LogP contribution >= 0.6 is 0 Å². The standard InChI is InChI=1S/C26H28F2N2O4S2/c1-29(2)36(33,34)25-13-6-5-12-24(25)35(31,32)18-20-8-3-4-11-23(20)30-16-14-19(15-17-30)26-21(27)9-7-10-22(26)28/h3-13,19H,14-18H2,1-2H3. The van der Waals surface area contributed by atoms with Crippen LogP contribution in [-0.2, 0) is 25.6 Å². The van der Waals surface area contributed by atoms with Crippen molar-refractivity contribution in [1.29, 1.82) is 0 Å². The lowest BCUT2D eigenvalue weighted by Crippen LogP contribution is -2.34. The quantitative estimate of drug-likeness (QED) is 0.444. The Morgan fingerprint density at radius 1 is 0.806 bits per heavy atom. The van der Waals surface area contributed by atoms with Crippen LogP contribution in [0, 0.1) is 11.6 Å². The van der Waals surface area contributed by atoms with E-state index in [2.05, 4.69) is 0 Å². The van der Waals surface area contributed by atoms with Crippen molar-refractivity contribution in [1.82, 2.24) is 4.31 Å². The molecule has 3 aromatic rings. The van der Waals surface area contributed by atoms with Crippen LogP contribution in [0.5, 0.6) is 0 Å². The van der Waals surface area contributed by atoms with Gasteiger partial charge in [0.05, 0.1) is 10.6 Å². The molecular formula is C26H28F2N2O4S2. The molecule has 0 aliphatic carbocycles. The summed E-state index contributed by atoms with van der Waals surface area (Å²) in [6.45, 7) is 1.00. The predicted molar refractivity (Wildman–Crippen MR) is 135 cm³/mol. The van der Waals surface area contributed by atoms with Gasteiger partial charge in [0.25, 0.3) is 0 Å². The van der Waals surface area contributed by atoms with Gasteiger partial charge in [-0.25, -0.2) is 29.9 Å². The summed E-state index contributed by atoms with van der Waals surface area (Å²) in [6.07, 6.45) is 1.03. The second kappa shape index (κ2) is 10.3. The molecule has 1 fully saturated rings. The highest BCUT2D eigenvalue weighted by Gasteiger charge is 2.30. The van der Waals surface area contributed by atoms with E-state index in [9.17, 15) is 25.6 Å². The number of para-hydroxylation sites is 1. The third kappa shape index (κ3) is 5.16. The first-order chi connectivity index (χ1) is 17.0. The zero-order valence-corrected chi connectivity index (χ0v) is 21.7. The Labute approximate surface area is 211 Å². The van der Waals surface area contributed by atoms with Gasteiger partial charge in [-0.3, -0.25) is 0 Å². The molecule has 192 valence electrons. The normalized spacial score (nSPS) is 15.4. The van der Waals surface area contributed by atoms with Crippen molar-refractivity contribution in [2.24, 2.45) is 0 Å². The minimum atomic E-state index is -4.02. The summed E-state index contributed by atoms with van der Waals surface area (Å²) in [4.78, 5) is 1.50. The van der Waals surface area contributed by atoms with Gasteiger partial charge in [-0.2, -0.15) is 0 Å². The molecule has 0 radical (unpaired) electrons. The molecule has 0 spiro atoms. The highest BCUT2D eigenvalue weighted by Crippen LogP contribution is 2.35. The number of rotatable bonds is 7. The first-order valence-corrected chi connectivity index (χ1v) is 14.6. The first kappa shape index (κ1) is 26.2. The molecule has 0 saturated carbocycles. The average Bonchev–Trinajstić information content (AvgIpc) is 2.84. The summed E-state index contributed by atoms with van der Waals surface area (Å²) in [5, 5.41) is 0. The molecule has 3 aromatic carbocycles. The monoisotopic (exact) mass is 534 g/mol. The van der Waals surface area contributed by atoms with E-state index >= 15 is 0 Å². The molecule has 0 unspecified atom stereocenters. The fourth-order valence-corrected chi connectivity index (χ4v) is 7.78. The van der Waals surface area contributed by atoms with Crippen molar-refractivity contribution in [3.05, 3.63) is 89.5 Å². The van der Waals surface area contributed by atoms with E-state index < -0.39 is 31.5 Å². The van der Waals surface area contributed by atoms with Gasteiger partial charge in [0.1, 0.15) is 16.5 Å². The fraction of sp³-hybridized carbons (Fsp3) is 0.308. The Kier molecular flexibility index (Phi) is 7.49. The van der Waals surface area contributed by atoms with Crippen molar-refractivity contribution in [2.45, 2.75) is 34.3 Å². The fourth-order valence-electron chi connectivity index (χ4n) is 4.65. The van der Waals surface area contributed by atoms with E-state index in [-0.39, 0.29) is 27.0 Å². The molecule has 10 heteroatoms. The topological polar surface area (TPSA) is 74.8 Å². The van der Waals surface area contributed by atoms with E-state index in [1.54, 1.807) is 18.2 Å². The molecular weight excluding hydrogens is 506 g/mol. The predicted octanol–water partition coefficient (Wildman–Crippen LogP) is 4.57. The number of halogens is 2. The van der Waals surface area contributed by atoms with Crippen LogP contribution in [0.25, 0.3) is 0 Å². The Morgan fingerprint density at radius 2 is 1.36 bits per heavy atom. The number of hydrogen-bond acceptors (Lipinski definition) is 5. The summed E-state index contributed by atoms with van der Waals surface area (Å²) in [5.41, 5.74) is 1.35. The largest absolute Gasteiger partial charge is 0.371 e. The van der Waals surface area contributed by atoms with Crippen molar-refractivity contribution in [2.75, 3.05) is 32.1 Å². The molecule has 1 aliphatic heterocycles. The number of hydrogen-bond donors (Lipinski definition) is 0. The van der Waals surface area contributed by atoms with E-state index in [4.69, 9.17) is 0 Å². The molecule has 1 heterocycles. The van der Waals surface area contributed by atoms with Gasteiger partial charge in [0.2, 0.25) is 10.0 Å². The second-order valence-electron chi connectivity index (χ2n) is 9.02. The molecule has 6 nitrogen and oxygen atoms in total. The SMILES string of the molecule is CN(C)S(=O)(=O)c1ccccc1S(=O)(=O)Cc1ccccc1N1CCC(c2c(F)cccc2F)CC1. The highest BCUT2D eigenvalue weighted by molar-refractivity contribution is 7.93. The Morgan fingerprint density at radius 3 is 1.97 bits per heavy atom. The number of benzene rings is 3. The Balaban J connectivity index is 1.60. The van der Waals surface area contributed by atoms with Gasteiger partial charge in [0.15, 0.2) is 9.84 Å². The molecule has 4 rings (SSSR count). The number of piperidine rings is 1. The van der Waals surface area contributed by atoms with Crippen LogP contribution in [0.3, 0.4) is 0 Å². The minimum absolute atomic E-state index is 0.103. The Bertz CT molecular complexity index is 1450. The van der Waals surface area contributed by atoms with E-state index in [0.717, 1.165) is 4.31 Å². The van der Waals surface area contributed by atoms with Gasteiger partial charge in [0, 0.05) is 38.4 Å². The van der Waals surface area contributed by atoms with Crippen LogP contribution in [0.1, 0.15) is 29.9 Å². The third-order valence-electron chi connectivity index (χ3n) is 6.52. The van der Waals surface area contributed by atoms with Gasteiger partial charge >= 0.3 is 0 Å². The number of nitrogens with zero attached hydrogens (tertiary/aromatic N) is 2. The van der Waals surface area contributed by atoms with Gasteiger partial charge in [-0.05, 0) is 54.7 Å². The molecule has 0 aromatic heterocycles. The second-order valence-corrected chi connectivity index (χ2v) is 13.1. The van der Waals surface area contributed by atoms with Crippen LogP contribution in [0.2, 0.25) is 0 Å². The average molecular weight is 535 g/mol. The number of anilines is 1. The van der Waals surface area contributed by atoms with Crippen LogP contribution in [-0.4, -0.2) is 48.3 Å². The van der Waals surface area contributed by atoms with Gasteiger partial charge in [-0.1, -0.05) is 36.4 Å². The Hall–Kier alpha value is -2.82. The molecule has 0 N–H and O–H groups in total. The molecule has 1 saturated heterocycles. The van der Waals surface area contributed by atoms with Gasteiger partial charge < -0.3 is 4.90 Å². The van der Waals surface area contributed by atoms with Crippen LogP contribution < -0.4 is 4.90 Å². The molecule has 1 aliphatic rings. The lowest BCUT2D eigenvalue weighted by atomic mass is 9.88. The van der Waals surface area contributed by atoms with Gasteiger partial charge in [-0.15, -0.1) is 0 Å². The zero-order chi connectivity index (χ0) is 26.1. The summed E-state index contributed by atoms with van der Waals surface area (Å²) in [5.74, 6) is -1.75. The highest BCUT2D eigenvalue weighted by atomic mass is 32.2. The summed E-state index contributed by atoms with van der Waals surface area (Å²) in [7, 11) is -5.29. The van der Waals surface area contributed by atoms with Crippen LogP contribution in [0.4, 0.5) is 14.5 Å². The van der Waals surface area contributed by atoms with E-state index in [0.29, 0.717) is 37.2 Å². The smallest absolute Gasteiger partial charge is 0.243 e. The maximum Gasteiger partial charge on any atom is 0.243 e. The summed E-state index contributed by atoms with van der Waals surface area (Å²) in [6, 6.07) is 16.5. The molecule has 0 amide bonds.